The minimum atomic E-state index is -0.113. The predicted octanol–water partition coefficient (Wildman–Crippen LogP) is 4.55. The summed E-state index contributed by atoms with van der Waals surface area (Å²) in [4.78, 5) is 13.3. The average molecular weight is 351 g/mol. The first-order valence-corrected chi connectivity index (χ1v) is 8.88. The van der Waals surface area contributed by atoms with Crippen LogP contribution in [0.3, 0.4) is 0 Å². The number of thiazole rings is 1. The highest BCUT2D eigenvalue weighted by molar-refractivity contribution is 7.22. The number of pyridine rings is 1. The molecule has 0 aliphatic carbocycles. The highest BCUT2D eigenvalue weighted by atomic mass is 32.1. The van der Waals surface area contributed by atoms with Crippen molar-refractivity contribution in [2.24, 2.45) is 5.92 Å². The van der Waals surface area contributed by atoms with Crippen molar-refractivity contribution >= 4 is 26.7 Å². The van der Waals surface area contributed by atoms with E-state index in [9.17, 15) is 0 Å². The summed E-state index contributed by atoms with van der Waals surface area (Å²) in [5, 5.41) is 8.38. The molecule has 6 nitrogen and oxygen atoms in total. The minimum Gasteiger partial charge on any atom is -0.349 e. The van der Waals surface area contributed by atoms with Crippen LogP contribution in [0, 0.1) is 5.92 Å². The number of anilines is 1. The molecule has 0 aliphatic rings. The molecule has 1 unspecified atom stereocenters. The van der Waals surface area contributed by atoms with E-state index in [4.69, 9.17) is 4.52 Å². The molecule has 0 aliphatic heterocycles. The Morgan fingerprint density at radius 1 is 1.08 bits per heavy atom. The Labute approximate surface area is 149 Å². The van der Waals surface area contributed by atoms with Crippen molar-refractivity contribution in [2.45, 2.75) is 19.9 Å². The van der Waals surface area contributed by atoms with Crippen LogP contribution in [0.2, 0.25) is 0 Å². The van der Waals surface area contributed by atoms with Gasteiger partial charge < -0.3 is 9.84 Å². The van der Waals surface area contributed by atoms with Crippen LogP contribution in [0.4, 0.5) is 5.13 Å². The number of para-hydroxylation sites is 1. The van der Waals surface area contributed by atoms with E-state index in [0.717, 1.165) is 20.9 Å². The van der Waals surface area contributed by atoms with Gasteiger partial charge in [-0.25, -0.2) is 4.98 Å². The molecule has 0 fully saturated rings. The number of nitrogens with one attached hydrogen (secondary N) is 1. The number of fused-ring (bicyclic) bond motifs is 1. The second-order valence-electron chi connectivity index (χ2n) is 6.05. The Balaban J connectivity index is 1.62. The largest absolute Gasteiger partial charge is 0.349 e. The van der Waals surface area contributed by atoms with E-state index in [1.807, 2.05) is 30.3 Å². The van der Waals surface area contributed by atoms with Gasteiger partial charge in [-0.3, -0.25) is 4.98 Å². The van der Waals surface area contributed by atoms with Gasteiger partial charge in [-0.15, -0.1) is 0 Å². The van der Waals surface area contributed by atoms with Gasteiger partial charge in [-0.2, -0.15) is 4.98 Å². The van der Waals surface area contributed by atoms with Crippen LogP contribution < -0.4 is 5.32 Å². The summed E-state index contributed by atoms with van der Waals surface area (Å²) >= 11 is 1.62. The monoisotopic (exact) mass is 351 g/mol. The van der Waals surface area contributed by atoms with Crippen molar-refractivity contribution < 1.29 is 4.52 Å². The smallest absolute Gasteiger partial charge is 0.249 e. The zero-order valence-corrected chi connectivity index (χ0v) is 14.7. The first-order valence-electron chi connectivity index (χ1n) is 8.07. The van der Waals surface area contributed by atoms with E-state index in [1.54, 1.807) is 23.7 Å². The Morgan fingerprint density at radius 2 is 1.96 bits per heavy atom. The molecule has 3 aromatic heterocycles. The SMILES string of the molecule is CC(C)C(Nc1nc2ccccc2s1)c1nc(-c2cccnc2)no1. The number of hydrogen-bond acceptors (Lipinski definition) is 7. The molecule has 1 aromatic carbocycles. The third-order valence-corrected chi connectivity index (χ3v) is 4.83. The third-order valence-electron chi connectivity index (χ3n) is 3.87. The Kier molecular flexibility index (Phi) is 4.15. The number of nitrogens with zero attached hydrogens (tertiary/aromatic N) is 4. The topological polar surface area (TPSA) is 76.7 Å². The van der Waals surface area contributed by atoms with Crippen LogP contribution in [0.15, 0.2) is 53.3 Å². The van der Waals surface area contributed by atoms with Gasteiger partial charge in [0.25, 0.3) is 0 Å². The first-order chi connectivity index (χ1) is 12.2. The molecule has 0 saturated carbocycles. The standard InChI is InChI=1S/C18H17N5OS/c1-11(2)15(21-18-20-13-7-3-4-8-14(13)25-18)17-22-16(23-24-17)12-6-5-9-19-10-12/h3-11,15H,1-2H3,(H,20,21). The van der Waals surface area contributed by atoms with Gasteiger partial charge in [-0.05, 0) is 30.2 Å². The molecule has 7 heteroatoms. The number of benzene rings is 1. The predicted molar refractivity (Wildman–Crippen MR) is 98.4 cm³/mol. The second-order valence-corrected chi connectivity index (χ2v) is 7.08. The molecule has 0 spiro atoms. The zero-order valence-electron chi connectivity index (χ0n) is 13.9. The fourth-order valence-corrected chi connectivity index (χ4v) is 3.46. The molecule has 3 heterocycles. The van der Waals surface area contributed by atoms with E-state index < -0.39 is 0 Å². The molecule has 4 rings (SSSR count). The fraction of sp³-hybridized carbons (Fsp3) is 0.222. The van der Waals surface area contributed by atoms with Crippen molar-refractivity contribution in [1.82, 2.24) is 20.1 Å². The maximum Gasteiger partial charge on any atom is 0.249 e. The van der Waals surface area contributed by atoms with Crippen molar-refractivity contribution in [3.05, 3.63) is 54.7 Å². The molecule has 1 atom stereocenters. The van der Waals surface area contributed by atoms with E-state index >= 15 is 0 Å². The summed E-state index contributed by atoms with van der Waals surface area (Å²) < 4.78 is 6.66. The lowest BCUT2D eigenvalue weighted by Gasteiger charge is -2.17. The summed E-state index contributed by atoms with van der Waals surface area (Å²) in [6.07, 6.45) is 3.44. The van der Waals surface area contributed by atoms with Crippen molar-refractivity contribution in [1.29, 1.82) is 0 Å². The van der Waals surface area contributed by atoms with Crippen LogP contribution in [-0.4, -0.2) is 20.1 Å². The lowest BCUT2D eigenvalue weighted by atomic mass is 10.0. The van der Waals surface area contributed by atoms with Crippen molar-refractivity contribution in [3.8, 4) is 11.4 Å². The Hall–Kier alpha value is -2.80. The van der Waals surface area contributed by atoms with Gasteiger partial charge in [0.2, 0.25) is 11.7 Å². The van der Waals surface area contributed by atoms with E-state index in [2.05, 4.69) is 45.3 Å². The Morgan fingerprint density at radius 3 is 2.72 bits per heavy atom. The zero-order chi connectivity index (χ0) is 17.2. The number of hydrogen-bond donors (Lipinski definition) is 1. The average Bonchev–Trinajstić information content (AvgIpc) is 3.26. The number of aromatic nitrogens is 4. The van der Waals surface area contributed by atoms with Crippen LogP contribution in [0.5, 0.6) is 0 Å². The van der Waals surface area contributed by atoms with Crippen LogP contribution in [0.25, 0.3) is 21.6 Å². The molecule has 126 valence electrons. The van der Waals surface area contributed by atoms with Gasteiger partial charge in [0.1, 0.15) is 6.04 Å². The molecule has 0 amide bonds. The maximum atomic E-state index is 5.51. The Bertz CT molecular complexity index is 946. The van der Waals surface area contributed by atoms with Crippen LogP contribution in [0.1, 0.15) is 25.8 Å². The highest BCUT2D eigenvalue weighted by Crippen LogP contribution is 2.31. The van der Waals surface area contributed by atoms with Crippen LogP contribution >= 0.6 is 11.3 Å². The minimum absolute atomic E-state index is 0.113. The van der Waals surface area contributed by atoms with Gasteiger partial charge in [-0.1, -0.05) is 42.5 Å². The summed E-state index contributed by atoms with van der Waals surface area (Å²) in [6, 6.07) is 11.7. The van der Waals surface area contributed by atoms with Gasteiger partial charge in [0.05, 0.1) is 10.2 Å². The van der Waals surface area contributed by atoms with E-state index in [-0.39, 0.29) is 12.0 Å². The molecule has 0 bridgehead atoms. The highest BCUT2D eigenvalue weighted by Gasteiger charge is 2.24. The van der Waals surface area contributed by atoms with Gasteiger partial charge in [0, 0.05) is 18.0 Å². The van der Waals surface area contributed by atoms with Crippen LogP contribution in [-0.2, 0) is 0 Å². The molecule has 0 saturated heterocycles. The van der Waals surface area contributed by atoms with Crippen molar-refractivity contribution in [2.75, 3.05) is 5.32 Å². The second kappa shape index (κ2) is 6.60. The fourth-order valence-electron chi connectivity index (χ4n) is 2.55. The summed E-state index contributed by atoms with van der Waals surface area (Å²) in [6.45, 7) is 4.22. The first kappa shape index (κ1) is 15.7. The molecule has 25 heavy (non-hydrogen) atoms. The maximum absolute atomic E-state index is 5.51. The molecule has 0 radical (unpaired) electrons. The summed E-state index contributed by atoms with van der Waals surface area (Å²) in [5.74, 6) is 1.35. The lowest BCUT2D eigenvalue weighted by molar-refractivity contribution is 0.336. The summed E-state index contributed by atoms with van der Waals surface area (Å²) in [5.41, 5.74) is 1.82. The molecule has 1 N–H and O–H groups in total. The van der Waals surface area contributed by atoms with Crippen molar-refractivity contribution in [3.63, 3.8) is 0 Å². The van der Waals surface area contributed by atoms with E-state index in [1.165, 1.54) is 0 Å². The molecular formula is C18H17N5OS. The third kappa shape index (κ3) is 3.23. The lowest BCUT2D eigenvalue weighted by Crippen LogP contribution is -2.17. The van der Waals surface area contributed by atoms with Gasteiger partial charge >= 0.3 is 0 Å². The molecular weight excluding hydrogens is 334 g/mol. The number of rotatable bonds is 5. The quantitative estimate of drug-likeness (QED) is 0.568. The van der Waals surface area contributed by atoms with E-state index in [0.29, 0.717) is 11.7 Å². The molecule has 4 aromatic rings. The normalized spacial score (nSPS) is 12.6. The summed E-state index contributed by atoms with van der Waals surface area (Å²) in [7, 11) is 0. The van der Waals surface area contributed by atoms with Gasteiger partial charge in [0.15, 0.2) is 5.13 Å².